The van der Waals surface area contributed by atoms with Crippen molar-refractivity contribution in [1.29, 1.82) is 0 Å². The summed E-state index contributed by atoms with van der Waals surface area (Å²) in [5.74, 6) is 0.762. The van der Waals surface area contributed by atoms with E-state index >= 15 is 0 Å². The van der Waals surface area contributed by atoms with Crippen LogP contribution in [0, 0.1) is 6.07 Å². The van der Waals surface area contributed by atoms with Crippen molar-refractivity contribution in [1.82, 2.24) is 4.98 Å². The molecule has 0 aliphatic carbocycles. The smallest absolute Gasteiger partial charge is 0.236 e. The number of nitrogens with zero attached hydrogens (tertiary/aromatic N) is 2. The molecule has 0 amide bonds. The van der Waals surface area contributed by atoms with Gasteiger partial charge in [0.1, 0.15) is 5.82 Å². The lowest BCUT2D eigenvalue weighted by atomic mass is 10.3. The van der Waals surface area contributed by atoms with Gasteiger partial charge in [0, 0.05) is 12.6 Å². The zero-order valence-electron chi connectivity index (χ0n) is 8.60. The topological polar surface area (TPSA) is 50.3 Å². The molecule has 1 saturated heterocycles. The molecule has 1 fully saturated rings. The summed E-state index contributed by atoms with van der Waals surface area (Å²) in [5.41, 5.74) is 0.801. The van der Waals surface area contributed by atoms with E-state index in [-0.39, 0.29) is 5.75 Å². The van der Waals surface area contributed by atoms with Crippen molar-refractivity contribution in [2.45, 2.75) is 19.8 Å². The van der Waals surface area contributed by atoms with Crippen LogP contribution in [0.3, 0.4) is 0 Å². The minimum Gasteiger partial charge on any atom is -0.254 e. The number of aryl methyl sites for hydroxylation is 1. The summed E-state index contributed by atoms with van der Waals surface area (Å²) in [4.78, 5) is 4.26. The second kappa shape index (κ2) is 3.81. The van der Waals surface area contributed by atoms with Gasteiger partial charge in [0.25, 0.3) is 0 Å². The number of anilines is 1. The third-order valence-electron chi connectivity index (χ3n) is 2.42. The number of sulfonamides is 1. The first kappa shape index (κ1) is 10.4. The van der Waals surface area contributed by atoms with Crippen LogP contribution in [0.1, 0.15) is 19.0 Å². The molecule has 1 aliphatic heterocycles. The molecule has 4 nitrogen and oxygen atoms in total. The fourth-order valence-electron chi connectivity index (χ4n) is 1.64. The molecular formula is C10H13N2O2S. The van der Waals surface area contributed by atoms with Gasteiger partial charge in [0.2, 0.25) is 10.0 Å². The van der Waals surface area contributed by atoms with E-state index in [1.807, 2.05) is 6.92 Å². The second-order valence-electron chi connectivity index (χ2n) is 3.49. The molecule has 5 heteroatoms. The molecule has 0 bridgehead atoms. The molecule has 0 N–H and O–H groups in total. The fourth-order valence-corrected chi connectivity index (χ4v) is 3.15. The maximum atomic E-state index is 11.6. The van der Waals surface area contributed by atoms with E-state index < -0.39 is 10.0 Å². The second-order valence-corrected chi connectivity index (χ2v) is 5.50. The number of hydrogen-bond donors (Lipinski definition) is 0. The van der Waals surface area contributed by atoms with Crippen LogP contribution in [-0.4, -0.2) is 25.7 Å². The maximum absolute atomic E-state index is 11.6. The van der Waals surface area contributed by atoms with E-state index in [4.69, 9.17) is 0 Å². The highest BCUT2D eigenvalue weighted by molar-refractivity contribution is 7.93. The molecule has 0 unspecified atom stereocenters. The van der Waals surface area contributed by atoms with Gasteiger partial charge in [-0.15, -0.1) is 0 Å². The molecule has 81 valence electrons. The number of aromatic nitrogens is 1. The Morgan fingerprint density at radius 1 is 1.60 bits per heavy atom. The number of rotatable bonds is 2. The van der Waals surface area contributed by atoms with Crippen molar-refractivity contribution >= 4 is 15.8 Å². The Labute approximate surface area is 90.0 Å². The van der Waals surface area contributed by atoms with Crippen LogP contribution < -0.4 is 4.31 Å². The van der Waals surface area contributed by atoms with Gasteiger partial charge < -0.3 is 0 Å². The predicted molar refractivity (Wildman–Crippen MR) is 58.2 cm³/mol. The van der Waals surface area contributed by atoms with Gasteiger partial charge in [0.15, 0.2) is 0 Å². The van der Waals surface area contributed by atoms with E-state index in [1.165, 1.54) is 4.31 Å². The zero-order valence-corrected chi connectivity index (χ0v) is 9.42. The number of pyridine rings is 1. The van der Waals surface area contributed by atoms with Crippen LogP contribution in [0.15, 0.2) is 12.1 Å². The fraction of sp³-hybridized carbons (Fsp3) is 0.500. The van der Waals surface area contributed by atoms with Crippen molar-refractivity contribution in [3.8, 4) is 0 Å². The summed E-state index contributed by atoms with van der Waals surface area (Å²) in [7, 11) is -3.11. The van der Waals surface area contributed by atoms with Crippen molar-refractivity contribution in [3.05, 3.63) is 23.9 Å². The molecule has 1 aliphatic rings. The lowest BCUT2D eigenvalue weighted by Crippen LogP contribution is -2.26. The first-order chi connectivity index (χ1) is 7.13. The predicted octanol–water partition coefficient (Wildman–Crippen LogP) is 0.984. The highest BCUT2D eigenvalue weighted by atomic mass is 32.2. The van der Waals surface area contributed by atoms with Gasteiger partial charge >= 0.3 is 0 Å². The van der Waals surface area contributed by atoms with Gasteiger partial charge in [-0.25, -0.2) is 13.4 Å². The van der Waals surface area contributed by atoms with Crippen LogP contribution in [0.5, 0.6) is 0 Å². The van der Waals surface area contributed by atoms with Gasteiger partial charge in [-0.05, 0) is 25.0 Å². The third kappa shape index (κ3) is 1.97. The standard InChI is InChI=1S/C10H13N2O2S/c1-2-9-5-3-6-10(11-9)12-7-4-8-15(12,13)14/h3,6H,2,4,7-8H2,1H3. The summed E-state index contributed by atoms with van der Waals surface area (Å²) in [6.07, 6.45) is 1.45. The lowest BCUT2D eigenvalue weighted by molar-refractivity contribution is 0.599. The normalized spacial score (nSPS) is 19.4. The molecular weight excluding hydrogens is 212 g/mol. The minimum atomic E-state index is -3.11. The Morgan fingerprint density at radius 2 is 2.40 bits per heavy atom. The van der Waals surface area contributed by atoms with E-state index in [2.05, 4.69) is 11.1 Å². The molecule has 2 heterocycles. The summed E-state index contributed by atoms with van der Waals surface area (Å²) >= 11 is 0. The van der Waals surface area contributed by atoms with Crippen molar-refractivity contribution in [2.75, 3.05) is 16.6 Å². The zero-order chi connectivity index (χ0) is 10.9. The molecule has 0 aromatic carbocycles. The first-order valence-electron chi connectivity index (χ1n) is 5.01. The molecule has 1 aromatic rings. The minimum absolute atomic E-state index is 0.231. The van der Waals surface area contributed by atoms with Crippen LogP contribution >= 0.6 is 0 Å². The van der Waals surface area contributed by atoms with E-state index in [0.29, 0.717) is 18.8 Å². The Morgan fingerprint density at radius 3 is 3.00 bits per heavy atom. The highest BCUT2D eigenvalue weighted by Crippen LogP contribution is 2.21. The first-order valence-corrected chi connectivity index (χ1v) is 6.62. The largest absolute Gasteiger partial charge is 0.254 e. The van der Waals surface area contributed by atoms with Crippen molar-refractivity contribution < 1.29 is 8.42 Å². The Kier molecular flexibility index (Phi) is 2.65. The van der Waals surface area contributed by atoms with Crippen LogP contribution in [-0.2, 0) is 16.4 Å². The molecule has 1 radical (unpaired) electrons. The van der Waals surface area contributed by atoms with E-state index in [1.54, 1.807) is 12.1 Å². The monoisotopic (exact) mass is 225 g/mol. The van der Waals surface area contributed by atoms with Crippen molar-refractivity contribution in [3.63, 3.8) is 0 Å². The Bertz CT molecular complexity index is 456. The molecule has 2 rings (SSSR count). The molecule has 0 atom stereocenters. The van der Waals surface area contributed by atoms with Crippen LogP contribution in [0.4, 0.5) is 5.82 Å². The average molecular weight is 225 g/mol. The molecule has 0 saturated carbocycles. The molecule has 15 heavy (non-hydrogen) atoms. The van der Waals surface area contributed by atoms with E-state index in [9.17, 15) is 8.42 Å². The number of hydrogen-bond acceptors (Lipinski definition) is 3. The summed E-state index contributed by atoms with van der Waals surface area (Å²) in [6.45, 7) is 2.52. The lowest BCUT2D eigenvalue weighted by Gasteiger charge is -2.15. The third-order valence-corrected chi connectivity index (χ3v) is 4.27. The highest BCUT2D eigenvalue weighted by Gasteiger charge is 2.29. The Hall–Kier alpha value is -1.10. The van der Waals surface area contributed by atoms with Crippen LogP contribution in [0.25, 0.3) is 0 Å². The molecule has 1 aromatic heterocycles. The maximum Gasteiger partial charge on any atom is 0.236 e. The summed E-state index contributed by atoms with van der Waals surface area (Å²) < 4.78 is 24.7. The Balaban J connectivity index is 2.37. The quantitative estimate of drug-likeness (QED) is 0.754. The summed E-state index contributed by atoms with van der Waals surface area (Å²) in [6, 6.07) is 6.40. The van der Waals surface area contributed by atoms with E-state index in [0.717, 1.165) is 12.1 Å². The van der Waals surface area contributed by atoms with Gasteiger partial charge in [-0.1, -0.05) is 6.92 Å². The van der Waals surface area contributed by atoms with Gasteiger partial charge in [-0.2, -0.15) is 0 Å². The SMILES string of the molecule is CCc1[c]ccc(N2CCCS2(=O)=O)n1. The van der Waals surface area contributed by atoms with Crippen LogP contribution in [0.2, 0.25) is 0 Å². The molecule has 0 spiro atoms. The summed E-state index contributed by atoms with van der Waals surface area (Å²) in [5, 5.41) is 0. The van der Waals surface area contributed by atoms with Gasteiger partial charge in [0.05, 0.1) is 11.4 Å². The van der Waals surface area contributed by atoms with Gasteiger partial charge in [-0.3, -0.25) is 4.31 Å². The average Bonchev–Trinajstić information content (AvgIpc) is 2.58. The van der Waals surface area contributed by atoms with Crippen molar-refractivity contribution in [2.24, 2.45) is 0 Å².